The van der Waals surface area contributed by atoms with Gasteiger partial charge in [0.1, 0.15) is 0 Å². The molecule has 0 rings (SSSR count). The lowest BCUT2D eigenvalue weighted by Crippen LogP contribution is -2.40. The Morgan fingerprint density at radius 1 is 1.42 bits per heavy atom. The van der Waals surface area contributed by atoms with Gasteiger partial charge < -0.3 is 4.90 Å². The minimum Gasteiger partial charge on any atom is -0.338 e. The first-order valence-electron chi connectivity index (χ1n) is 4.13. The molecule has 0 aromatic heterocycles. The van der Waals surface area contributed by atoms with Crippen LogP contribution in [0.4, 0.5) is 0 Å². The van der Waals surface area contributed by atoms with Crippen LogP contribution in [0.15, 0.2) is 0 Å². The lowest BCUT2D eigenvalue weighted by molar-refractivity contribution is -0.131. The average molecular weight is 212 g/mol. The zero-order valence-electron chi connectivity index (χ0n) is 7.68. The van der Waals surface area contributed by atoms with Gasteiger partial charge in [-0.3, -0.25) is 4.79 Å². The van der Waals surface area contributed by atoms with Crippen LogP contribution < -0.4 is 0 Å². The summed E-state index contributed by atoms with van der Waals surface area (Å²) in [5.41, 5.74) is 0. The Morgan fingerprint density at radius 2 is 1.92 bits per heavy atom. The third-order valence-corrected chi connectivity index (χ3v) is 2.31. The number of amides is 1. The second-order valence-corrected chi connectivity index (χ2v) is 3.78. The van der Waals surface area contributed by atoms with Crippen molar-refractivity contribution >= 4 is 29.1 Å². The maximum absolute atomic E-state index is 11.3. The predicted octanol–water partition coefficient (Wildman–Crippen LogP) is 2.44. The van der Waals surface area contributed by atoms with E-state index >= 15 is 0 Å². The van der Waals surface area contributed by atoms with Crippen molar-refractivity contribution in [1.82, 2.24) is 4.90 Å². The van der Waals surface area contributed by atoms with E-state index in [1.165, 1.54) is 0 Å². The van der Waals surface area contributed by atoms with Gasteiger partial charge in [0.2, 0.25) is 0 Å². The van der Waals surface area contributed by atoms with Gasteiger partial charge in [-0.1, -0.05) is 30.1 Å². The molecule has 0 radical (unpaired) electrons. The molecule has 0 aromatic carbocycles. The molecule has 0 saturated carbocycles. The lowest BCUT2D eigenvalue weighted by Gasteiger charge is -2.27. The van der Waals surface area contributed by atoms with Gasteiger partial charge in [0, 0.05) is 12.6 Å². The van der Waals surface area contributed by atoms with Crippen LogP contribution in [0, 0.1) is 0 Å². The van der Waals surface area contributed by atoms with Gasteiger partial charge in [-0.25, -0.2) is 0 Å². The molecule has 0 aliphatic rings. The molecule has 2 nitrogen and oxygen atoms in total. The summed E-state index contributed by atoms with van der Waals surface area (Å²) in [4.78, 5) is 12.1. The first-order valence-corrected chi connectivity index (χ1v) is 5.00. The van der Waals surface area contributed by atoms with E-state index in [0.717, 1.165) is 6.42 Å². The smallest absolute Gasteiger partial charge is 0.256 e. The average Bonchev–Trinajstić information content (AvgIpc) is 2.05. The molecule has 12 heavy (non-hydrogen) atoms. The summed E-state index contributed by atoms with van der Waals surface area (Å²) in [6, 6.07) is 0.211. The fourth-order valence-corrected chi connectivity index (χ4v) is 1.28. The summed E-state index contributed by atoms with van der Waals surface area (Å²) in [5.74, 6) is -0.199. The van der Waals surface area contributed by atoms with Gasteiger partial charge in [-0.15, -0.1) is 0 Å². The van der Waals surface area contributed by atoms with Gasteiger partial charge in [0.15, 0.2) is 4.84 Å². The van der Waals surface area contributed by atoms with Gasteiger partial charge in [-0.2, -0.15) is 0 Å². The van der Waals surface area contributed by atoms with E-state index in [9.17, 15) is 4.79 Å². The van der Waals surface area contributed by atoms with E-state index in [1.54, 1.807) is 4.90 Å². The quantitative estimate of drug-likeness (QED) is 0.655. The van der Waals surface area contributed by atoms with Gasteiger partial charge in [0.05, 0.1) is 0 Å². The van der Waals surface area contributed by atoms with Crippen molar-refractivity contribution in [2.24, 2.45) is 0 Å². The van der Waals surface area contributed by atoms with E-state index in [4.69, 9.17) is 23.2 Å². The Kier molecular flexibility index (Phi) is 5.68. The molecule has 1 atom stereocenters. The Morgan fingerprint density at radius 3 is 2.17 bits per heavy atom. The molecule has 0 fully saturated rings. The Labute approximate surface area is 83.8 Å². The monoisotopic (exact) mass is 211 g/mol. The van der Waals surface area contributed by atoms with Crippen molar-refractivity contribution in [3.05, 3.63) is 0 Å². The Hall–Kier alpha value is 0.0500. The number of rotatable bonds is 4. The van der Waals surface area contributed by atoms with Crippen LogP contribution in [0.2, 0.25) is 0 Å². The number of carbonyl (C=O) groups excluding carboxylic acids is 1. The molecule has 4 heteroatoms. The van der Waals surface area contributed by atoms with E-state index in [2.05, 4.69) is 0 Å². The van der Waals surface area contributed by atoms with Crippen molar-refractivity contribution in [2.75, 3.05) is 6.54 Å². The highest BCUT2D eigenvalue weighted by Gasteiger charge is 2.22. The molecule has 0 saturated heterocycles. The van der Waals surface area contributed by atoms with Crippen LogP contribution in [-0.2, 0) is 4.79 Å². The highest BCUT2D eigenvalue weighted by Crippen LogP contribution is 2.11. The summed E-state index contributed by atoms with van der Waals surface area (Å²) >= 11 is 11.0. The molecule has 1 amide bonds. The fourth-order valence-electron chi connectivity index (χ4n) is 1.03. The third-order valence-electron chi connectivity index (χ3n) is 1.93. The number of carbonyl (C=O) groups is 1. The minimum absolute atomic E-state index is 0.199. The van der Waals surface area contributed by atoms with Crippen molar-refractivity contribution in [1.29, 1.82) is 0 Å². The molecule has 0 spiro atoms. The highest BCUT2D eigenvalue weighted by molar-refractivity contribution is 6.53. The maximum atomic E-state index is 11.3. The first kappa shape index (κ1) is 12.0. The lowest BCUT2D eigenvalue weighted by atomic mass is 10.2. The van der Waals surface area contributed by atoms with Crippen LogP contribution in [0.1, 0.15) is 27.2 Å². The van der Waals surface area contributed by atoms with Crippen molar-refractivity contribution in [3.63, 3.8) is 0 Å². The molecular formula is C8H15Cl2NO. The highest BCUT2D eigenvalue weighted by atomic mass is 35.5. The summed E-state index contributed by atoms with van der Waals surface area (Å²) in [6.45, 7) is 6.58. The van der Waals surface area contributed by atoms with Crippen molar-refractivity contribution in [2.45, 2.75) is 38.1 Å². The molecular weight excluding hydrogens is 197 g/mol. The standard InChI is InChI=1S/C8H15Cl2NO/c1-4-6(3)11(5-2)8(12)7(9)10/h6-7H,4-5H2,1-3H3. The molecule has 0 aliphatic carbocycles. The predicted molar refractivity (Wildman–Crippen MR) is 52.6 cm³/mol. The topological polar surface area (TPSA) is 20.3 Å². The maximum Gasteiger partial charge on any atom is 0.256 e. The number of halogens is 2. The summed E-state index contributed by atoms with van der Waals surface area (Å²) in [5, 5.41) is 0. The minimum atomic E-state index is -0.932. The number of hydrogen-bond acceptors (Lipinski definition) is 1. The van der Waals surface area contributed by atoms with Crippen LogP contribution in [-0.4, -0.2) is 28.2 Å². The Balaban J connectivity index is 4.24. The van der Waals surface area contributed by atoms with Crippen LogP contribution in [0.3, 0.4) is 0 Å². The van der Waals surface area contributed by atoms with E-state index < -0.39 is 4.84 Å². The number of hydrogen-bond donors (Lipinski definition) is 0. The molecule has 0 heterocycles. The number of nitrogens with zero attached hydrogens (tertiary/aromatic N) is 1. The van der Waals surface area contributed by atoms with Crippen molar-refractivity contribution < 1.29 is 4.79 Å². The zero-order chi connectivity index (χ0) is 9.72. The first-order chi connectivity index (χ1) is 5.54. The van der Waals surface area contributed by atoms with Gasteiger partial charge in [0.25, 0.3) is 5.91 Å². The second-order valence-electron chi connectivity index (χ2n) is 2.68. The SMILES string of the molecule is CCC(C)N(CC)C(=O)C(Cl)Cl. The Bertz CT molecular complexity index is 150. The largest absolute Gasteiger partial charge is 0.338 e. The summed E-state index contributed by atoms with van der Waals surface area (Å²) in [6.07, 6.45) is 0.917. The molecule has 0 bridgehead atoms. The molecule has 72 valence electrons. The van der Waals surface area contributed by atoms with Gasteiger partial charge in [-0.05, 0) is 20.3 Å². The van der Waals surface area contributed by atoms with Crippen LogP contribution in [0.25, 0.3) is 0 Å². The summed E-state index contributed by atoms with van der Waals surface area (Å²) < 4.78 is 0. The van der Waals surface area contributed by atoms with Gasteiger partial charge >= 0.3 is 0 Å². The zero-order valence-corrected chi connectivity index (χ0v) is 9.19. The number of alkyl halides is 2. The normalized spacial score (nSPS) is 13.2. The van der Waals surface area contributed by atoms with Crippen LogP contribution in [0.5, 0.6) is 0 Å². The van der Waals surface area contributed by atoms with E-state index in [-0.39, 0.29) is 11.9 Å². The fraction of sp³-hybridized carbons (Fsp3) is 0.875. The summed E-state index contributed by atoms with van der Waals surface area (Å²) in [7, 11) is 0. The molecule has 1 unspecified atom stereocenters. The molecule has 0 aromatic rings. The van der Waals surface area contributed by atoms with E-state index in [0.29, 0.717) is 6.54 Å². The van der Waals surface area contributed by atoms with E-state index in [1.807, 2.05) is 20.8 Å². The second kappa shape index (κ2) is 5.65. The molecule has 0 N–H and O–H groups in total. The molecule has 0 aliphatic heterocycles. The van der Waals surface area contributed by atoms with Crippen LogP contribution >= 0.6 is 23.2 Å². The third kappa shape index (κ3) is 3.20. The van der Waals surface area contributed by atoms with Crippen molar-refractivity contribution in [3.8, 4) is 0 Å².